The van der Waals surface area contributed by atoms with Gasteiger partial charge < -0.3 is 9.32 Å². The quantitative estimate of drug-likeness (QED) is 0.845. The molecule has 1 aliphatic carbocycles. The monoisotopic (exact) mass is 313 g/mol. The predicted molar refractivity (Wildman–Crippen MR) is 87.2 cm³/mol. The standard InChI is InChI=1S/C17H23N5O/c1-21(16-4-7-18-12-20-16)14-5-8-22(9-6-14)11-17-19-10-15(23-17)13-2-3-13/h4,7,10,12-14H,2-3,5-6,8-9,11H2,1H3. The van der Waals surface area contributed by atoms with Crippen LogP contribution in [0.2, 0.25) is 0 Å². The van der Waals surface area contributed by atoms with Crippen LogP contribution >= 0.6 is 0 Å². The first kappa shape index (κ1) is 14.6. The van der Waals surface area contributed by atoms with E-state index in [4.69, 9.17) is 4.42 Å². The van der Waals surface area contributed by atoms with Crippen molar-refractivity contribution < 1.29 is 4.42 Å². The highest BCUT2D eigenvalue weighted by molar-refractivity contribution is 5.36. The number of oxazole rings is 1. The summed E-state index contributed by atoms with van der Waals surface area (Å²) >= 11 is 0. The van der Waals surface area contributed by atoms with E-state index < -0.39 is 0 Å². The lowest BCUT2D eigenvalue weighted by Gasteiger charge is -2.36. The van der Waals surface area contributed by atoms with Crippen molar-refractivity contribution in [3.63, 3.8) is 0 Å². The molecule has 0 unspecified atom stereocenters. The van der Waals surface area contributed by atoms with E-state index in [-0.39, 0.29) is 0 Å². The maximum Gasteiger partial charge on any atom is 0.208 e. The van der Waals surface area contributed by atoms with Crippen LogP contribution in [0.5, 0.6) is 0 Å². The van der Waals surface area contributed by atoms with Crippen molar-refractivity contribution in [3.8, 4) is 0 Å². The molecular weight excluding hydrogens is 290 g/mol. The van der Waals surface area contributed by atoms with Crippen molar-refractivity contribution in [1.29, 1.82) is 0 Å². The van der Waals surface area contributed by atoms with Crippen LogP contribution in [0.1, 0.15) is 43.3 Å². The Morgan fingerprint density at radius 1 is 1.22 bits per heavy atom. The lowest BCUT2D eigenvalue weighted by Crippen LogP contribution is -2.43. The van der Waals surface area contributed by atoms with Crippen molar-refractivity contribution in [2.75, 3.05) is 25.0 Å². The Kier molecular flexibility index (Phi) is 3.99. The number of likely N-dealkylation sites (tertiary alicyclic amines) is 1. The third-order valence-electron chi connectivity index (χ3n) is 4.94. The molecule has 1 saturated heterocycles. The number of hydrogen-bond acceptors (Lipinski definition) is 6. The Labute approximate surface area is 136 Å². The second kappa shape index (κ2) is 6.28. The molecule has 1 saturated carbocycles. The molecule has 3 heterocycles. The molecule has 23 heavy (non-hydrogen) atoms. The van der Waals surface area contributed by atoms with E-state index in [1.165, 1.54) is 12.8 Å². The third-order valence-corrected chi connectivity index (χ3v) is 4.94. The van der Waals surface area contributed by atoms with Gasteiger partial charge in [-0.1, -0.05) is 0 Å². The summed E-state index contributed by atoms with van der Waals surface area (Å²) in [6.45, 7) is 2.97. The van der Waals surface area contributed by atoms with Gasteiger partial charge in [0.05, 0.1) is 12.7 Å². The molecule has 2 aliphatic rings. The molecular formula is C17H23N5O. The summed E-state index contributed by atoms with van der Waals surface area (Å²) in [6.07, 6.45) is 10.1. The zero-order valence-corrected chi connectivity index (χ0v) is 13.6. The SMILES string of the molecule is CN(c1ccncn1)C1CCN(Cc2ncc(C3CC3)o2)CC1. The fraction of sp³-hybridized carbons (Fsp3) is 0.588. The van der Waals surface area contributed by atoms with Gasteiger partial charge in [0, 0.05) is 38.3 Å². The van der Waals surface area contributed by atoms with E-state index in [1.54, 1.807) is 12.5 Å². The maximum atomic E-state index is 5.87. The summed E-state index contributed by atoms with van der Waals surface area (Å²) in [5.74, 6) is 3.59. The molecule has 0 atom stereocenters. The molecule has 1 aliphatic heterocycles. The minimum absolute atomic E-state index is 0.535. The molecule has 0 aromatic carbocycles. The minimum atomic E-state index is 0.535. The van der Waals surface area contributed by atoms with E-state index in [9.17, 15) is 0 Å². The number of piperidine rings is 1. The van der Waals surface area contributed by atoms with Crippen LogP contribution in [0.25, 0.3) is 0 Å². The van der Waals surface area contributed by atoms with Crippen molar-refractivity contribution in [2.24, 2.45) is 0 Å². The molecule has 0 radical (unpaired) electrons. The molecule has 122 valence electrons. The Hall–Kier alpha value is -1.95. The second-order valence-electron chi connectivity index (χ2n) is 6.62. The second-order valence-corrected chi connectivity index (χ2v) is 6.62. The molecule has 2 aromatic heterocycles. The van der Waals surface area contributed by atoms with Gasteiger partial charge in [-0.05, 0) is 31.7 Å². The van der Waals surface area contributed by atoms with E-state index in [0.717, 1.165) is 49.9 Å². The van der Waals surface area contributed by atoms with Gasteiger partial charge in [0.1, 0.15) is 17.9 Å². The molecule has 0 bridgehead atoms. The molecule has 4 rings (SSSR count). The number of aromatic nitrogens is 3. The van der Waals surface area contributed by atoms with Crippen LogP contribution in [0.4, 0.5) is 5.82 Å². The van der Waals surface area contributed by atoms with E-state index in [2.05, 4.69) is 31.8 Å². The Balaban J connectivity index is 1.30. The number of nitrogens with zero attached hydrogens (tertiary/aromatic N) is 5. The zero-order chi connectivity index (χ0) is 15.6. The summed E-state index contributed by atoms with van der Waals surface area (Å²) in [4.78, 5) is 17.5. The molecule has 0 spiro atoms. The summed E-state index contributed by atoms with van der Waals surface area (Å²) in [5, 5.41) is 0. The van der Waals surface area contributed by atoms with Gasteiger partial charge in [-0.25, -0.2) is 15.0 Å². The molecule has 2 aromatic rings. The van der Waals surface area contributed by atoms with Gasteiger partial charge in [0.25, 0.3) is 0 Å². The average Bonchev–Trinajstić information content (AvgIpc) is 3.36. The summed E-state index contributed by atoms with van der Waals surface area (Å²) in [6, 6.07) is 2.51. The van der Waals surface area contributed by atoms with Gasteiger partial charge in [-0.2, -0.15) is 0 Å². The summed E-state index contributed by atoms with van der Waals surface area (Å²) in [7, 11) is 2.12. The lowest BCUT2D eigenvalue weighted by molar-refractivity contribution is 0.185. The lowest BCUT2D eigenvalue weighted by atomic mass is 10.0. The maximum absolute atomic E-state index is 5.87. The minimum Gasteiger partial charge on any atom is -0.444 e. The van der Waals surface area contributed by atoms with Crippen LogP contribution in [0.3, 0.4) is 0 Å². The average molecular weight is 313 g/mol. The highest BCUT2D eigenvalue weighted by Gasteiger charge is 2.28. The molecule has 0 N–H and O–H groups in total. The fourth-order valence-electron chi connectivity index (χ4n) is 3.29. The number of rotatable bonds is 5. The largest absolute Gasteiger partial charge is 0.444 e. The third kappa shape index (κ3) is 3.37. The molecule has 6 nitrogen and oxygen atoms in total. The van der Waals surface area contributed by atoms with Gasteiger partial charge >= 0.3 is 0 Å². The highest BCUT2D eigenvalue weighted by atomic mass is 16.4. The van der Waals surface area contributed by atoms with Crippen LogP contribution in [-0.2, 0) is 6.54 Å². The van der Waals surface area contributed by atoms with Gasteiger partial charge in [-0.15, -0.1) is 0 Å². The van der Waals surface area contributed by atoms with Crippen molar-refractivity contribution in [2.45, 2.75) is 44.2 Å². The molecule has 2 fully saturated rings. The first-order valence-corrected chi connectivity index (χ1v) is 8.45. The van der Waals surface area contributed by atoms with Crippen LogP contribution < -0.4 is 4.90 Å². The first-order chi connectivity index (χ1) is 11.3. The van der Waals surface area contributed by atoms with E-state index in [1.807, 2.05) is 12.3 Å². The summed E-state index contributed by atoms with van der Waals surface area (Å²) < 4.78 is 5.87. The first-order valence-electron chi connectivity index (χ1n) is 8.45. The van der Waals surface area contributed by atoms with Crippen LogP contribution in [0, 0.1) is 0 Å². The predicted octanol–water partition coefficient (Wildman–Crippen LogP) is 2.44. The zero-order valence-electron chi connectivity index (χ0n) is 13.6. The molecule has 6 heteroatoms. The van der Waals surface area contributed by atoms with Gasteiger partial charge in [0.15, 0.2) is 0 Å². The Morgan fingerprint density at radius 2 is 2.04 bits per heavy atom. The topological polar surface area (TPSA) is 58.3 Å². The summed E-state index contributed by atoms with van der Waals surface area (Å²) in [5.41, 5.74) is 0. The van der Waals surface area contributed by atoms with Crippen molar-refractivity contribution >= 4 is 5.82 Å². The highest BCUT2D eigenvalue weighted by Crippen LogP contribution is 2.40. The van der Waals surface area contributed by atoms with Crippen LogP contribution in [0.15, 0.2) is 29.2 Å². The van der Waals surface area contributed by atoms with Gasteiger partial charge in [0.2, 0.25) is 5.89 Å². The van der Waals surface area contributed by atoms with E-state index >= 15 is 0 Å². The van der Waals surface area contributed by atoms with Crippen molar-refractivity contribution in [1.82, 2.24) is 19.9 Å². The fourth-order valence-corrected chi connectivity index (χ4v) is 3.29. The normalized spacial score (nSPS) is 19.9. The number of hydrogen-bond donors (Lipinski definition) is 0. The Bertz CT molecular complexity index is 631. The Morgan fingerprint density at radius 3 is 2.74 bits per heavy atom. The van der Waals surface area contributed by atoms with Crippen LogP contribution in [-0.4, -0.2) is 46.0 Å². The molecule has 0 amide bonds. The number of anilines is 1. The van der Waals surface area contributed by atoms with Gasteiger partial charge in [-0.3, -0.25) is 4.90 Å². The van der Waals surface area contributed by atoms with E-state index in [0.29, 0.717) is 12.0 Å². The smallest absolute Gasteiger partial charge is 0.208 e. The van der Waals surface area contributed by atoms with Crippen molar-refractivity contribution in [3.05, 3.63) is 36.4 Å².